The fourth-order valence-corrected chi connectivity index (χ4v) is 3.58. The molecule has 2 rings (SSSR count). The van der Waals surface area contributed by atoms with Gasteiger partial charge < -0.3 is 5.73 Å². The SMILES string of the molecule is Cc1cc(Cl)ccc1C(N)Cc1cc(Br)cs1. The fraction of sp³-hybridized carbons (Fsp3) is 0.231. The van der Waals surface area contributed by atoms with E-state index in [1.54, 1.807) is 11.3 Å². The van der Waals surface area contributed by atoms with Crippen molar-refractivity contribution in [3.63, 3.8) is 0 Å². The average Bonchev–Trinajstić information content (AvgIpc) is 2.63. The van der Waals surface area contributed by atoms with Gasteiger partial charge in [0.15, 0.2) is 0 Å². The van der Waals surface area contributed by atoms with E-state index in [1.807, 2.05) is 25.1 Å². The molecular weight excluding hydrogens is 318 g/mol. The van der Waals surface area contributed by atoms with Crippen LogP contribution in [0.25, 0.3) is 0 Å². The van der Waals surface area contributed by atoms with E-state index in [1.165, 1.54) is 10.4 Å². The molecule has 2 aromatic rings. The molecule has 0 fully saturated rings. The van der Waals surface area contributed by atoms with Crippen LogP contribution in [-0.2, 0) is 6.42 Å². The van der Waals surface area contributed by atoms with Gasteiger partial charge in [0.25, 0.3) is 0 Å². The van der Waals surface area contributed by atoms with Gasteiger partial charge in [-0.2, -0.15) is 0 Å². The molecule has 0 bridgehead atoms. The quantitative estimate of drug-likeness (QED) is 0.866. The zero-order valence-electron chi connectivity index (χ0n) is 9.41. The van der Waals surface area contributed by atoms with E-state index in [-0.39, 0.29) is 6.04 Å². The van der Waals surface area contributed by atoms with Gasteiger partial charge in [0.1, 0.15) is 0 Å². The number of nitrogens with two attached hydrogens (primary N) is 1. The Kier molecular flexibility index (Phi) is 4.26. The van der Waals surface area contributed by atoms with E-state index in [9.17, 15) is 0 Å². The number of hydrogen-bond acceptors (Lipinski definition) is 2. The summed E-state index contributed by atoms with van der Waals surface area (Å²) in [4.78, 5) is 1.29. The molecule has 1 aromatic heterocycles. The Bertz CT molecular complexity index is 524. The van der Waals surface area contributed by atoms with Crippen LogP contribution in [0.2, 0.25) is 5.02 Å². The van der Waals surface area contributed by atoms with Crippen molar-refractivity contribution in [3.8, 4) is 0 Å². The first-order valence-electron chi connectivity index (χ1n) is 5.31. The molecule has 17 heavy (non-hydrogen) atoms. The molecule has 1 unspecified atom stereocenters. The summed E-state index contributed by atoms with van der Waals surface area (Å²) in [5.74, 6) is 0. The van der Waals surface area contributed by atoms with Crippen molar-refractivity contribution < 1.29 is 0 Å². The van der Waals surface area contributed by atoms with Gasteiger partial charge >= 0.3 is 0 Å². The largest absolute Gasteiger partial charge is 0.324 e. The van der Waals surface area contributed by atoms with Gasteiger partial charge in [-0.3, -0.25) is 0 Å². The molecule has 1 nitrogen and oxygen atoms in total. The minimum Gasteiger partial charge on any atom is -0.324 e. The molecular formula is C13H13BrClNS. The first kappa shape index (κ1) is 13.1. The summed E-state index contributed by atoms with van der Waals surface area (Å²) < 4.78 is 1.12. The van der Waals surface area contributed by atoms with Crippen LogP contribution in [0.5, 0.6) is 0 Å². The van der Waals surface area contributed by atoms with Gasteiger partial charge in [-0.1, -0.05) is 17.7 Å². The zero-order valence-corrected chi connectivity index (χ0v) is 12.6. The lowest BCUT2D eigenvalue weighted by Crippen LogP contribution is -2.14. The Morgan fingerprint density at radius 2 is 2.18 bits per heavy atom. The molecule has 4 heteroatoms. The van der Waals surface area contributed by atoms with Crippen molar-refractivity contribution in [2.75, 3.05) is 0 Å². The highest BCUT2D eigenvalue weighted by molar-refractivity contribution is 9.10. The second-order valence-corrected chi connectivity index (χ2v) is 6.39. The van der Waals surface area contributed by atoms with Crippen molar-refractivity contribution in [1.29, 1.82) is 0 Å². The summed E-state index contributed by atoms with van der Waals surface area (Å²) in [5.41, 5.74) is 8.55. The number of thiophene rings is 1. The minimum atomic E-state index is 0.0258. The maximum atomic E-state index is 6.24. The Balaban J connectivity index is 2.17. The van der Waals surface area contributed by atoms with Crippen LogP contribution in [0.3, 0.4) is 0 Å². The number of benzene rings is 1. The van der Waals surface area contributed by atoms with Gasteiger partial charge in [0.05, 0.1) is 0 Å². The summed E-state index contributed by atoms with van der Waals surface area (Å²) in [6, 6.07) is 8.02. The van der Waals surface area contributed by atoms with Crippen molar-refractivity contribution in [2.24, 2.45) is 5.73 Å². The molecule has 0 saturated carbocycles. The average molecular weight is 331 g/mol. The maximum absolute atomic E-state index is 6.24. The van der Waals surface area contributed by atoms with E-state index in [4.69, 9.17) is 17.3 Å². The molecule has 1 heterocycles. The summed E-state index contributed by atoms with van der Waals surface area (Å²) in [7, 11) is 0. The third kappa shape index (κ3) is 3.32. The molecule has 0 spiro atoms. The highest BCUT2D eigenvalue weighted by atomic mass is 79.9. The van der Waals surface area contributed by atoms with E-state index in [2.05, 4.69) is 27.4 Å². The van der Waals surface area contributed by atoms with Crippen LogP contribution in [0.1, 0.15) is 22.0 Å². The predicted molar refractivity (Wildman–Crippen MR) is 78.8 cm³/mol. The van der Waals surface area contributed by atoms with Gasteiger partial charge in [-0.05, 0) is 52.2 Å². The standard InChI is InChI=1S/C13H13BrClNS/c1-8-4-10(15)2-3-12(8)13(16)6-11-5-9(14)7-17-11/h2-5,7,13H,6,16H2,1H3. The van der Waals surface area contributed by atoms with Gasteiger partial charge in [0.2, 0.25) is 0 Å². The first-order chi connectivity index (χ1) is 8.06. The molecule has 0 saturated heterocycles. The van der Waals surface area contributed by atoms with Crippen molar-refractivity contribution in [3.05, 3.63) is 55.1 Å². The summed E-state index contributed by atoms with van der Waals surface area (Å²) in [6.45, 7) is 2.05. The predicted octanol–water partition coefficient (Wildman–Crippen LogP) is 4.71. The topological polar surface area (TPSA) is 26.0 Å². The second-order valence-electron chi connectivity index (χ2n) is 4.04. The van der Waals surface area contributed by atoms with Crippen LogP contribution in [0.15, 0.2) is 34.1 Å². The van der Waals surface area contributed by atoms with Crippen LogP contribution in [0, 0.1) is 6.92 Å². The number of rotatable bonds is 3. The van der Waals surface area contributed by atoms with Crippen LogP contribution < -0.4 is 5.73 Å². The van der Waals surface area contributed by atoms with Gasteiger partial charge in [-0.25, -0.2) is 0 Å². The molecule has 0 aliphatic carbocycles. The second kappa shape index (κ2) is 5.53. The van der Waals surface area contributed by atoms with E-state index < -0.39 is 0 Å². The lowest BCUT2D eigenvalue weighted by molar-refractivity contribution is 0.724. The van der Waals surface area contributed by atoms with Crippen LogP contribution >= 0.6 is 38.9 Å². The van der Waals surface area contributed by atoms with E-state index in [0.29, 0.717) is 0 Å². The Labute approximate surface area is 119 Å². The molecule has 0 radical (unpaired) electrons. The van der Waals surface area contributed by atoms with E-state index >= 15 is 0 Å². The van der Waals surface area contributed by atoms with E-state index in [0.717, 1.165) is 21.5 Å². The Morgan fingerprint density at radius 1 is 1.41 bits per heavy atom. The fourth-order valence-electron chi connectivity index (χ4n) is 1.84. The molecule has 0 amide bonds. The van der Waals surface area contributed by atoms with Crippen LogP contribution in [0.4, 0.5) is 0 Å². The zero-order chi connectivity index (χ0) is 12.4. The van der Waals surface area contributed by atoms with Gasteiger partial charge in [0, 0.05) is 32.2 Å². The Morgan fingerprint density at radius 3 is 2.76 bits per heavy atom. The minimum absolute atomic E-state index is 0.0258. The van der Waals surface area contributed by atoms with Crippen LogP contribution in [-0.4, -0.2) is 0 Å². The molecule has 0 aliphatic heterocycles. The third-order valence-corrected chi connectivity index (χ3v) is 4.63. The maximum Gasteiger partial charge on any atom is 0.0408 e. The number of hydrogen-bond donors (Lipinski definition) is 1. The highest BCUT2D eigenvalue weighted by Crippen LogP contribution is 2.26. The molecule has 0 aliphatic rings. The molecule has 1 aromatic carbocycles. The van der Waals surface area contributed by atoms with Crippen molar-refractivity contribution in [2.45, 2.75) is 19.4 Å². The number of aryl methyl sites for hydroxylation is 1. The molecule has 90 valence electrons. The lowest BCUT2D eigenvalue weighted by atomic mass is 9.99. The summed E-state index contributed by atoms with van der Waals surface area (Å²) in [6.07, 6.45) is 0.860. The first-order valence-corrected chi connectivity index (χ1v) is 7.36. The third-order valence-electron chi connectivity index (χ3n) is 2.67. The smallest absolute Gasteiger partial charge is 0.0408 e. The summed E-state index contributed by atoms with van der Waals surface area (Å²) in [5, 5.41) is 2.84. The van der Waals surface area contributed by atoms with Crippen molar-refractivity contribution >= 4 is 38.9 Å². The lowest BCUT2D eigenvalue weighted by Gasteiger charge is -2.14. The molecule has 2 N–H and O–H groups in total. The number of halogens is 2. The summed E-state index contributed by atoms with van der Waals surface area (Å²) >= 11 is 11.1. The molecule has 1 atom stereocenters. The Hall–Kier alpha value is -0.350. The van der Waals surface area contributed by atoms with Crippen molar-refractivity contribution in [1.82, 2.24) is 0 Å². The normalized spacial score (nSPS) is 12.7. The van der Waals surface area contributed by atoms with Gasteiger partial charge in [-0.15, -0.1) is 11.3 Å². The monoisotopic (exact) mass is 329 g/mol. The highest BCUT2D eigenvalue weighted by Gasteiger charge is 2.11.